The molecular weight excluding hydrogens is 234 g/mol. The first-order valence-electron chi connectivity index (χ1n) is 5.64. The highest BCUT2D eigenvalue weighted by Crippen LogP contribution is 2.14. The van der Waals surface area contributed by atoms with Crippen LogP contribution in [-0.4, -0.2) is 31.6 Å². The molecule has 17 heavy (non-hydrogen) atoms. The Bertz CT molecular complexity index is 329. The number of esters is 1. The molecule has 0 bridgehead atoms. The van der Waals surface area contributed by atoms with Gasteiger partial charge in [0.15, 0.2) is 0 Å². The molecule has 3 nitrogen and oxygen atoms in total. The lowest BCUT2D eigenvalue weighted by Crippen LogP contribution is -2.30. The number of thioether (sulfide) groups is 1. The molecule has 0 saturated heterocycles. The zero-order chi connectivity index (χ0) is 12.5. The van der Waals surface area contributed by atoms with E-state index in [1.807, 2.05) is 42.1 Å². The molecule has 0 aliphatic rings. The van der Waals surface area contributed by atoms with Crippen LogP contribution in [0.15, 0.2) is 30.3 Å². The fourth-order valence-corrected chi connectivity index (χ4v) is 2.00. The summed E-state index contributed by atoms with van der Waals surface area (Å²) in [6.45, 7) is 0.815. The zero-order valence-electron chi connectivity index (χ0n) is 10.3. The largest absolute Gasteiger partial charge is 0.468 e. The molecule has 0 radical (unpaired) electrons. The summed E-state index contributed by atoms with van der Waals surface area (Å²) in [6, 6.07) is 9.30. The third kappa shape index (κ3) is 4.79. The summed E-state index contributed by atoms with van der Waals surface area (Å²) in [4.78, 5) is 11.7. The van der Waals surface area contributed by atoms with Gasteiger partial charge in [-0.2, -0.15) is 11.8 Å². The topological polar surface area (TPSA) is 38.3 Å². The van der Waals surface area contributed by atoms with Crippen LogP contribution in [-0.2, 0) is 9.53 Å². The van der Waals surface area contributed by atoms with Crippen LogP contribution in [0.5, 0.6) is 0 Å². The molecule has 0 fully saturated rings. The van der Waals surface area contributed by atoms with E-state index < -0.39 is 0 Å². The van der Waals surface area contributed by atoms with E-state index in [0.717, 1.165) is 24.3 Å². The molecule has 1 aromatic carbocycles. The average molecular weight is 253 g/mol. The van der Waals surface area contributed by atoms with Gasteiger partial charge in [0.1, 0.15) is 6.04 Å². The van der Waals surface area contributed by atoms with E-state index in [9.17, 15) is 4.79 Å². The third-order valence-corrected chi connectivity index (χ3v) is 3.14. The number of rotatable bonds is 7. The first-order chi connectivity index (χ1) is 8.29. The van der Waals surface area contributed by atoms with Gasteiger partial charge < -0.3 is 10.1 Å². The van der Waals surface area contributed by atoms with Gasteiger partial charge in [0.2, 0.25) is 0 Å². The number of hydrogen-bond donors (Lipinski definition) is 1. The van der Waals surface area contributed by atoms with Crippen molar-refractivity contribution in [3.05, 3.63) is 35.9 Å². The molecule has 1 atom stereocenters. The first kappa shape index (κ1) is 14.1. The van der Waals surface area contributed by atoms with Crippen LogP contribution in [0.1, 0.15) is 18.0 Å². The summed E-state index contributed by atoms with van der Waals surface area (Å²) in [7, 11) is 1.42. The lowest BCUT2D eigenvalue weighted by atomic mass is 10.1. The molecule has 94 valence electrons. The van der Waals surface area contributed by atoms with Crippen LogP contribution < -0.4 is 5.32 Å². The summed E-state index contributed by atoms with van der Waals surface area (Å²) in [5.74, 6) is 0.857. The van der Waals surface area contributed by atoms with Crippen molar-refractivity contribution in [2.75, 3.05) is 25.7 Å². The minimum Gasteiger partial charge on any atom is -0.468 e. The van der Waals surface area contributed by atoms with Gasteiger partial charge in [-0.25, -0.2) is 4.79 Å². The van der Waals surface area contributed by atoms with Gasteiger partial charge in [0.05, 0.1) is 7.11 Å². The molecule has 0 aromatic heterocycles. The van der Waals surface area contributed by atoms with Crippen molar-refractivity contribution in [3.8, 4) is 0 Å². The second-order valence-electron chi connectivity index (χ2n) is 3.67. The number of carbonyl (C=O) groups excluding carboxylic acids is 1. The molecule has 0 amide bonds. The normalized spacial score (nSPS) is 12.1. The monoisotopic (exact) mass is 253 g/mol. The van der Waals surface area contributed by atoms with Crippen LogP contribution >= 0.6 is 11.8 Å². The smallest absolute Gasteiger partial charge is 0.327 e. The predicted octanol–water partition coefficient (Wildman–Crippen LogP) is 2.24. The van der Waals surface area contributed by atoms with Crippen LogP contribution in [0, 0.1) is 0 Å². The Hall–Kier alpha value is -1.00. The molecule has 1 unspecified atom stereocenters. The lowest BCUT2D eigenvalue weighted by Gasteiger charge is -2.16. The molecule has 0 aliphatic carbocycles. The quantitative estimate of drug-likeness (QED) is 0.597. The van der Waals surface area contributed by atoms with Crippen molar-refractivity contribution in [3.63, 3.8) is 0 Å². The predicted molar refractivity (Wildman–Crippen MR) is 72.2 cm³/mol. The van der Waals surface area contributed by atoms with Crippen molar-refractivity contribution in [2.45, 2.75) is 12.5 Å². The lowest BCUT2D eigenvalue weighted by molar-refractivity contribution is -0.143. The van der Waals surface area contributed by atoms with E-state index >= 15 is 0 Å². The molecular formula is C13H19NO2S. The fraction of sp³-hybridized carbons (Fsp3) is 0.462. The van der Waals surface area contributed by atoms with Crippen LogP contribution in [0.3, 0.4) is 0 Å². The Morgan fingerprint density at radius 2 is 2.12 bits per heavy atom. The number of carbonyl (C=O) groups is 1. The summed E-state index contributed by atoms with van der Waals surface area (Å²) in [6.07, 6.45) is 3.12. The van der Waals surface area contributed by atoms with Gasteiger partial charge in [-0.05, 0) is 30.5 Å². The summed E-state index contributed by atoms with van der Waals surface area (Å²) in [5.41, 5.74) is 0.948. The summed E-state index contributed by atoms with van der Waals surface area (Å²) >= 11 is 1.81. The van der Waals surface area contributed by atoms with Crippen LogP contribution in [0.4, 0.5) is 0 Å². The molecule has 0 saturated carbocycles. The highest BCUT2D eigenvalue weighted by atomic mass is 32.2. The Labute approximate surface area is 107 Å². The molecule has 4 heteroatoms. The molecule has 0 heterocycles. The highest BCUT2D eigenvalue weighted by Gasteiger charge is 2.19. The van der Waals surface area contributed by atoms with Crippen molar-refractivity contribution < 1.29 is 9.53 Å². The molecule has 1 aromatic rings. The van der Waals surface area contributed by atoms with Gasteiger partial charge in [-0.1, -0.05) is 30.3 Å². The third-order valence-electron chi connectivity index (χ3n) is 2.44. The average Bonchev–Trinajstić information content (AvgIpc) is 2.39. The number of methoxy groups -OCH3 is 1. The maximum atomic E-state index is 11.7. The van der Waals surface area contributed by atoms with E-state index in [4.69, 9.17) is 4.74 Å². The molecule has 1 N–H and O–H groups in total. The summed E-state index contributed by atoms with van der Waals surface area (Å²) in [5, 5.41) is 3.23. The number of hydrogen-bond acceptors (Lipinski definition) is 4. The standard InChI is InChI=1S/C13H19NO2S/c1-16-13(15)12(14-9-6-10-17-2)11-7-4-3-5-8-11/h3-5,7-8,12,14H,6,9-10H2,1-2H3. The molecule has 0 spiro atoms. The SMILES string of the molecule is COC(=O)C(NCCCSC)c1ccccc1. The minimum atomic E-state index is -0.358. The summed E-state index contributed by atoms with van der Waals surface area (Å²) < 4.78 is 4.82. The first-order valence-corrected chi connectivity index (χ1v) is 7.04. The van der Waals surface area contributed by atoms with Gasteiger partial charge in [0.25, 0.3) is 0 Å². The minimum absolute atomic E-state index is 0.236. The van der Waals surface area contributed by atoms with E-state index in [1.54, 1.807) is 0 Å². The van der Waals surface area contributed by atoms with Gasteiger partial charge >= 0.3 is 5.97 Å². The molecule has 0 aliphatic heterocycles. The number of ether oxygens (including phenoxy) is 1. The van der Waals surface area contributed by atoms with Crippen molar-refractivity contribution in [2.24, 2.45) is 0 Å². The Morgan fingerprint density at radius 1 is 1.41 bits per heavy atom. The van der Waals surface area contributed by atoms with Crippen molar-refractivity contribution in [1.82, 2.24) is 5.32 Å². The van der Waals surface area contributed by atoms with E-state index in [1.165, 1.54) is 7.11 Å². The number of benzene rings is 1. The van der Waals surface area contributed by atoms with Gasteiger partial charge in [-0.3, -0.25) is 0 Å². The Balaban J connectivity index is 2.59. The number of nitrogens with one attached hydrogen (secondary N) is 1. The van der Waals surface area contributed by atoms with E-state index in [-0.39, 0.29) is 12.0 Å². The second kappa shape index (κ2) is 8.14. The van der Waals surface area contributed by atoms with Gasteiger partial charge in [-0.15, -0.1) is 0 Å². The highest BCUT2D eigenvalue weighted by molar-refractivity contribution is 7.98. The second-order valence-corrected chi connectivity index (χ2v) is 4.65. The van der Waals surface area contributed by atoms with Crippen LogP contribution in [0.2, 0.25) is 0 Å². The Morgan fingerprint density at radius 3 is 2.71 bits per heavy atom. The Kier molecular flexibility index (Phi) is 6.74. The van der Waals surface area contributed by atoms with E-state index in [0.29, 0.717) is 0 Å². The fourth-order valence-electron chi connectivity index (χ4n) is 1.56. The van der Waals surface area contributed by atoms with Gasteiger partial charge in [0, 0.05) is 0 Å². The maximum Gasteiger partial charge on any atom is 0.327 e. The van der Waals surface area contributed by atoms with Crippen molar-refractivity contribution in [1.29, 1.82) is 0 Å². The van der Waals surface area contributed by atoms with Crippen molar-refractivity contribution >= 4 is 17.7 Å². The van der Waals surface area contributed by atoms with E-state index in [2.05, 4.69) is 11.6 Å². The maximum absolute atomic E-state index is 11.7. The molecule has 1 rings (SSSR count). The van der Waals surface area contributed by atoms with Crippen LogP contribution in [0.25, 0.3) is 0 Å². The zero-order valence-corrected chi connectivity index (χ0v) is 11.1.